The molecule has 1 fully saturated rings. The number of aromatic nitrogens is 2. The molecule has 1 atom stereocenters. The first-order valence-electron chi connectivity index (χ1n) is 9.19. The summed E-state index contributed by atoms with van der Waals surface area (Å²) < 4.78 is 13.1. The minimum atomic E-state index is 0.275. The van der Waals surface area contributed by atoms with Gasteiger partial charge in [-0.2, -0.15) is 5.10 Å². The molecule has 2 aromatic rings. The highest BCUT2D eigenvalue weighted by atomic mass is 16.5. The summed E-state index contributed by atoms with van der Waals surface area (Å²) in [6.45, 7) is 3.74. The van der Waals surface area contributed by atoms with Gasteiger partial charge in [0.2, 0.25) is 0 Å². The van der Waals surface area contributed by atoms with E-state index >= 15 is 0 Å². The van der Waals surface area contributed by atoms with Crippen molar-refractivity contribution in [1.29, 1.82) is 0 Å². The number of hydrogen-bond acceptors (Lipinski definition) is 4. The number of benzene rings is 1. The van der Waals surface area contributed by atoms with Crippen LogP contribution in [0.2, 0.25) is 0 Å². The van der Waals surface area contributed by atoms with Crippen molar-refractivity contribution < 1.29 is 9.47 Å². The topological polar surface area (TPSA) is 39.5 Å². The second-order valence-electron chi connectivity index (χ2n) is 7.22. The molecule has 0 N–H and O–H groups in total. The van der Waals surface area contributed by atoms with Gasteiger partial charge in [0.15, 0.2) is 0 Å². The van der Waals surface area contributed by atoms with E-state index in [1.54, 1.807) is 14.2 Å². The molecule has 4 rings (SSSR count). The van der Waals surface area contributed by atoms with Crippen LogP contribution < -0.4 is 4.74 Å². The molecule has 1 saturated carbocycles. The van der Waals surface area contributed by atoms with Crippen molar-refractivity contribution in [2.24, 2.45) is 5.92 Å². The summed E-state index contributed by atoms with van der Waals surface area (Å²) in [5, 5.41) is 4.69. The monoisotopic (exact) mass is 341 g/mol. The molecule has 0 radical (unpaired) electrons. The molecule has 25 heavy (non-hydrogen) atoms. The van der Waals surface area contributed by atoms with Gasteiger partial charge in [-0.3, -0.25) is 9.58 Å². The van der Waals surface area contributed by atoms with Crippen LogP contribution in [0.25, 0.3) is 0 Å². The number of hydrogen-bond donors (Lipinski definition) is 0. The fourth-order valence-electron chi connectivity index (χ4n) is 3.79. The SMILES string of the molecule is COCC1c2c(cnn2CC2CC2)CCN1Cc1ccc(OC)cc1. The normalized spacial score (nSPS) is 20.5. The van der Waals surface area contributed by atoms with Crippen molar-refractivity contribution in [3.05, 3.63) is 47.3 Å². The Bertz CT molecular complexity index is 706. The fraction of sp³-hybridized carbons (Fsp3) is 0.550. The molecule has 2 heterocycles. The highest BCUT2D eigenvalue weighted by Crippen LogP contribution is 2.35. The van der Waals surface area contributed by atoms with E-state index in [0.29, 0.717) is 6.61 Å². The molecule has 5 heteroatoms. The van der Waals surface area contributed by atoms with Crippen molar-refractivity contribution in [3.8, 4) is 5.75 Å². The smallest absolute Gasteiger partial charge is 0.118 e. The summed E-state index contributed by atoms with van der Waals surface area (Å²) in [4.78, 5) is 2.53. The predicted molar refractivity (Wildman–Crippen MR) is 96.7 cm³/mol. The summed E-state index contributed by atoms with van der Waals surface area (Å²) in [6.07, 6.45) is 5.83. The predicted octanol–water partition coefficient (Wildman–Crippen LogP) is 3.05. The van der Waals surface area contributed by atoms with Gasteiger partial charge in [0.05, 0.1) is 31.6 Å². The first-order chi connectivity index (χ1) is 12.3. The van der Waals surface area contributed by atoms with Crippen LogP contribution in [0.5, 0.6) is 5.75 Å². The zero-order valence-electron chi connectivity index (χ0n) is 15.1. The molecule has 1 aromatic carbocycles. The Morgan fingerprint density at radius 3 is 2.64 bits per heavy atom. The molecule has 1 unspecified atom stereocenters. The van der Waals surface area contributed by atoms with Crippen molar-refractivity contribution >= 4 is 0 Å². The summed E-state index contributed by atoms with van der Waals surface area (Å²) in [7, 11) is 3.50. The van der Waals surface area contributed by atoms with E-state index in [1.807, 2.05) is 12.1 Å². The van der Waals surface area contributed by atoms with Crippen LogP contribution in [0.3, 0.4) is 0 Å². The third-order valence-electron chi connectivity index (χ3n) is 5.38. The molecule has 0 saturated heterocycles. The summed E-state index contributed by atoms with van der Waals surface area (Å²) >= 11 is 0. The molecule has 1 aliphatic carbocycles. The van der Waals surface area contributed by atoms with E-state index in [-0.39, 0.29) is 6.04 Å². The molecule has 0 amide bonds. The number of ether oxygens (including phenoxy) is 2. The van der Waals surface area contributed by atoms with E-state index < -0.39 is 0 Å². The number of methoxy groups -OCH3 is 2. The van der Waals surface area contributed by atoms with E-state index in [9.17, 15) is 0 Å². The molecule has 1 aliphatic heterocycles. The van der Waals surface area contributed by atoms with Crippen molar-refractivity contribution in [2.75, 3.05) is 27.4 Å². The largest absolute Gasteiger partial charge is 0.497 e. The van der Waals surface area contributed by atoms with E-state index in [4.69, 9.17) is 14.6 Å². The molecular formula is C20H27N3O2. The molecule has 134 valence electrons. The zero-order chi connectivity index (χ0) is 17.2. The summed E-state index contributed by atoms with van der Waals surface area (Å²) in [5.74, 6) is 1.73. The second kappa shape index (κ2) is 7.18. The van der Waals surface area contributed by atoms with Gasteiger partial charge in [0.1, 0.15) is 5.75 Å². The average Bonchev–Trinajstić information content (AvgIpc) is 3.36. The first-order valence-corrected chi connectivity index (χ1v) is 9.19. The molecular weight excluding hydrogens is 314 g/mol. The quantitative estimate of drug-likeness (QED) is 0.776. The lowest BCUT2D eigenvalue weighted by atomic mass is 9.99. The van der Waals surface area contributed by atoms with Crippen LogP contribution in [0.15, 0.2) is 30.5 Å². The lowest BCUT2D eigenvalue weighted by molar-refractivity contribution is 0.0725. The maximum Gasteiger partial charge on any atom is 0.118 e. The van der Waals surface area contributed by atoms with Gasteiger partial charge < -0.3 is 9.47 Å². The molecule has 2 aliphatic rings. The van der Waals surface area contributed by atoms with Gasteiger partial charge in [-0.25, -0.2) is 0 Å². The second-order valence-corrected chi connectivity index (χ2v) is 7.22. The van der Waals surface area contributed by atoms with Crippen molar-refractivity contribution in [2.45, 2.75) is 38.4 Å². The van der Waals surface area contributed by atoms with E-state index in [0.717, 1.165) is 37.7 Å². The minimum Gasteiger partial charge on any atom is -0.497 e. The Labute approximate surface area is 149 Å². The zero-order valence-corrected chi connectivity index (χ0v) is 15.1. The summed E-state index contributed by atoms with van der Waals surface area (Å²) in [6, 6.07) is 8.65. The van der Waals surface area contributed by atoms with Gasteiger partial charge in [-0.15, -0.1) is 0 Å². The number of fused-ring (bicyclic) bond motifs is 1. The highest BCUT2D eigenvalue weighted by Gasteiger charge is 2.33. The van der Waals surface area contributed by atoms with Crippen molar-refractivity contribution in [1.82, 2.24) is 14.7 Å². The van der Waals surface area contributed by atoms with E-state index in [1.165, 1.54) is 29.7 Å². The Morgan fingerprint density at radius 2 is 1.96 bits per heavy atom. The molecule has 0 bridgehead atoms. The van der Waals surface area contributed by atoms with Crippen molar-refractivity contribution in [3.63, 3.8) is 0 Å². The average molecular weight is 341 g/mol. The van der Waals surface area contributed by atoms with Crippen LogP contribution in [0, 0.1) is 5.92 Å². The Balaban J connectivity index is 1.56. The Morgan fingerprint density at radius 1 is 1.16 bits per heavy atom. The van der Waals surface area contributed by atoms with Crippen LogP contribution in [-0.4, -0.2) is 42.1 Å². The maximum absolute atomic E-state index is 5.58. The van der Waals surface area contributed by atoms with Crippen LogP contribution in [0.4, 0.5) is 0 Å². The third kappa shape index (κ3) is 3.58. The van der Waals surface area contributed by atoms with Crippen LogP contribution in [-0.2, 0) is 24.2 Å². The molecule has 1 aromatic heterocycles. The van der Waals surface area contributed by atoms with Gasteiger partial charge in [-0.05, 0) is 48.4 Å². The Kier molecular flexibility index (Phi) is 4.77. The molecule has 5 nitrogen and oxygen atoms in total. The van der Waals surface area contributed by atoms with Gasteiger partial charge in [-0.1, -0.05) is 12.1 Å². The van der Waals surface area contributed by atoms with E-state index in [2.05, 4.69) is 27.9 Å². The van der Waals surface area contributed by atoms with Gasteiger partial charge in [0.25, 0.3) is 0 Å². The lowest BCUT2D eigenvalue weighted by Gasteiger charge is -2.36. The molecule has 0 spiro atoms. The summed E-state index contributed by atoms with van der Waals surface area (Å²) in [5.41, 5.74) is 4.07. The standard InChI is InChI=1S/C20H27N3O2/c1-24-14-19-20-17(11-21-23(20)13-16-3-4-16)9-10-22(19)12-15-5-7-18(25-2)8-6-15/h5-8,11,16,19H,3-4,9-10,12-14H2,1-2H3. The highest BCUT2D eigenvalue weighted by molar-refractivity contribution is 5.29. The fourth-order valence-corrected chi connectivity index (χ4v) is 3.79. The minimum absolute atomic E-state index is 0.275. The van der Waals surface area contributed by atoms with Crippen LogP contribution >= 0.6 is 0 Å². The van der Waals surface area contributed by atoms with Gasteiger partial charge >= 0.3 is 0 Å². The Hall–Kier alpha value is -1.85. The lowest BCUT2D eigenvalue weighted by Crippen LogP contribution is -2.38. The van der Waals surface area contributed by atoms with Crippen LogP contribution in [0.1, 0.15) is 35.7 Å². The number of rotatable bonds is 7. The number of nitrogens with zero attached hydrogens (tertiary/aromatic N) is 3. The first kappa shape index (κ1) is 16.6. The third-order valence-corrected chi connectivity index (χ3v) is 5.38. The maximum atomic E-state index is 5.58. The van der Waals surface area contributed by atoms with Gasteiger partial charge in [0, 0.05) is 26.7 Å².